The molecule has 4 N–H and O–H groups in total. The van der Waals surface area contributed by atoms with E-state index in [4.69, 9.17) is 15.7 Å². The fraction of sp³-hybridized carbons (Fsp3) is 0.833. The number of carboxylic acid groups (broad SMARTS) is 1. The Kier molecular flexibility index (Phi) is 6.78. The first-order chi connectivity index (χ1) is 8.53. The van der Waals surface area contributed by atoms with Gasteiger partial charge in [0.1, 0.15) is 0 Å². The average Bonchev–Trinajstić information content (AvgIpc) is 2.20. The van der Waals surface area contributed by atoms with Gasteiger partial charge in [-0.1, -0.05) is 13.8 Å². The number of nitrogens with two attached hydrogens (primary N) is 1. The molecule has 0 aromatic carbocycles. The Bertz CT molecular complexity index is 313. The molecule has 0 aromatic heterocycles. The van der Waals surface area contributed by atoms with E-state index in [9.17, 15) is 9.59 Å². The predicted octanol–water partition coefficient (Wildman–Crippen LogP) is 0.796. The summed E-state index contributed by atoms with van der Waals surface area (Å²) in [5, 5.41) is 12.3. The van der Waals surface area contributed by atoms with Crippen LogP contribution in [0.4, 0.5) is 4.79 Å². The van der Waals surface area contributed by atoms with E-state index in [1.54, 1.807) is 0 Å². The summed E-state index contributed by atoms with van der Waals surface area (Å²) >= 11 is 0. The molecule has 0 rings (SSSR count). The van der Waals surface area contributed by atoms with Crippen molar-refractivity contribution in [2.24, 2.45) is 11.8 Å². The van der Waals surface area contributed by atoms with Crippen LogP contribution >= 0.6 is 0 Å². The van der Waals surface area contributed by atoms with Crippen molar-refractivity contribution in [3.63, 3.8) is 0 Å². The molecule has 0 radical (unpaired) electrons. The zero-order valence-electron chi connectivity index (χ0n) is 12.3. The Balaban J connectivity index is 4.42. The van der Waals surface area contributed by atoms with Crippen LogP contribution in [0.3, 0.4) is 0 Å². The molecule has 0 aromatic rings. The lowest BCUT2D eigenvalue weighted by Crippen LogP contribution is -2.53. The standard InChI is InChI=1S/C12H25N3O4/c1-8(2)6-15(13)11(18)14-9(10(16)17)7-19-12(3,4)5/h8-9H,6-7,13H2,1-5H3,(H,14,18)(H,16,17). The second kappa shape index (κ2) is 7.30. The van der Waals surface area contributed by atoms with E-state index in [2.05, 4.69) is 5.32 Å². The summed E-state index contributed by atoms with van der Waals surface area (Å²) < 4.78 is 5.36. The van der Waals surface area contributed by atoms with Gasteiger partial charge in [-0.25, -0.2) is 15.4 Å². The maximum atomic E-state index is 11.7. The number of carbonyl (C=O) groups is 2. The molecule has 0 saturated carbocycles. The van der Waals surface area contributed by atoms with Crippen LogP contribution in [0.2, 0.25) is 0 Å². The van der Waals surface area contributed by atoms with Crippen LogP contribution in [0.15, 0.2) is 0 Å². The SMILES string of the molecule is CC(C)CN(N)C(=O)NC(COC(C)(C)C)C(=O)O. The van der Waals surface area contributed by atoms with Crippen molar-refractivity contribution in [3.05, 3.63) is 0 Å². The Labute approximate surface area is 114 Å². The highest BCUT2D eigenvalue weighted by Gasteiger charge is 2.24. The van der Waals surface area contributed by atoms with Crippen molar-refractivity contribution in [3.8, 4) is 0 Å². The Morgan fingerprint density at radius 2 is 1.89 bits per heavy atom. The van der Waals surface area contributed by atoms with Gasteiger partial charge in [-0.15, -0.1) is 0 Å². The van der Waals surface area contributed by atoms with Gasteiger partial charge >= 0.3 is 12.0 Å². The molecular weight excluding hydrogens is 250 g/mol. The molecule has 0 fully saturated rings. The number of nitrogens with zero attached hydrogens (tertiary/aromatic N) is 1. The molecule has 0 saturated heterocycles. The van der Waals surface area contributed by atoms with Crippen molar-refractivity contribution < 1.29 is 19.4 Å². The Morgan fingerprint density at radius 1 is 1.37 bits per heavy atom. The largest absolute Gasteiger partial charge is 0.480 e. The summed E-state index contributed by atoms with van der Waals surface area (Å²) in [6.07, 6.45) is 0. The van der Waals surface area contributed by atoms with E-state index >= 15 is 0 Å². The van der Waals surface area contributed by atoms with Crippen LogP contribution in [0.1, 0.15) is 34.6 Å². The third-order valence-electron chi connectivity index (χ3n) is 2.10. The number of ether oxygens (including phenoxy) is 1. The van der Waals surface area contributed by atoms with Gasteiger partial charge < -0.3 is 15.2 Å². The summed E-state index contributed by atoms with van der Waals surface area (Å²) in [7, 11) is 0. The predicted molar refractivity (Wildman–Crippen MR) is 71.4 cm³/mol. The minimum Gasteiger partial charge on any atom is -0.480 e. The lowest BCUT2D eigenvalue weighted by molar-refractivity contribution is -0.142. The minimum absolute atomic E-state index is 0.111. The number of aliphatic carboxylic acids is 1. The van der Waals surface area contributed by atoms with Crippen molar-refractivity contribution in [2.75, 3.05) is 13.2 Å². The van der Waals surface area contributed by atoms with Gasteiger partial charge in [0.25, 0.3) is 0 Å². The summed E-state index contributed by atoms with van der Waals surface area (Å²) in [6, 6.07) is -1.75. The van der Waals surface area contributed by atoms with Crippen LogP contribution in [0.5, 0.6) is 0 Å². The van der Waals surface area contributed by atoms with E-state index in [1.807, 2.05) is 34.6 Å². The second-order valence-corrected chi connectivity index (χ2v) is 5.81. The zero-order valence-corrected chi connectivity index (χ0v) is 12.3. The number of hydrogen-bond donors (Lipinski definition) is 3. The lowest BCUT2D eigenvalue weighted by Gasteiger charge is -2.25. The fourth-order valence-electron chi connectivity index (χ4n) is 1.22. The summed E-state index contributed by atoms with van der Waals surface area (Å²) in [5.74, 6) is 4.58. The lowest BCUT2D eigenvalue weighted by atomic mass is 10.2. The van der Waals surface area contributed by atoms with Crippen molar-refractivity contribution in [2.45, 2.75) is 46.3 Å². The smallest absolute Gasteiger partial charge is 0.332 e. The van der Waals surface area contributed by atoms with E-state index in [1.165, 1.54) is 0 Å². The van der Waals surface area contributed by atoms with Crippen molar-refractivity contribution >= 4 is 12.0 Å². The van der Waals surface area contributed by atoms with E-state index in [-0.39, 0.29) is 12.5 Å². The Hall–Kier alpha value is -1.34. The van der Waals surface area contributed by atoms with Gasteiger partial charge in [-0.2, -0.15) is 0 Å². The number of hydrogen-bond acceptors (Lipinski definition) is 4. The van der Waals surface area contributed by atoms with Crippen LogP contribution in [0.25, 0.3) is 0 Å². The summed E-state index contributed by atoms with van der Waals surface area (Å²) in [4.78, 5) is 22.7. The topological polar surface area (TPSA) is 105 Å². The monoisotopic (exact) mass is 275 g/mol. The molecule has 1 atom stereocenters. The fourth-order valence-corrected chi connectivity index (χ4v) is 1.22. The van der Waals surface area contributed by atoms with Crippen LogP contribution < -0.4 is 11.2 Å². The second-order valence-electron chi connectivity index (χ2n) is 5.81. The van der Waals surface area contributed by atoms with Gasteiger partial charge in [0.05, 0.1) is 12.2 Å². The third kappa shape index (κ3) is 8.39. The van der Waals surface area contributed by atoms with Gasteiger partial charge in [-0.05, 0) is 26.7 Å². The number of urea groups is 1. The first-order valence-corrected chi connectivity index (χ1v) is 6.22. The van der Waals surface area contributed by atoms with Crippen LogP contribution in [-0.4, -0.2) is 46.9 Å². The molecule has 0 aliphatic heterocycles. The molecule has 0 aliphatic carbocycles. The number of carboxylic acids is 1. The number of nitrogens with one attached hydrogen (secondary N) is 1. The highest BCUT2D eigenvalue weighted by molar-refractivity contribution is 5.82. The van der Waals surface area contributed by atoms with Crippen LogP contribution in [-0.2, 0) is 9.53 Å². The van der Waals surface area contributed by atoms with Gasteiger partial charge in [-0.3, -0.25) is 5.01 Å². The van der Waals surface area contributed by atoms with E-state index in [0.29, 0.717) is 6.54 Å². The van der Waals surface area contributed by atoms with E-state index in [0.717, 1.165) is 5.01 Å². The summed E-state index contributed by atoms with van der Waals surface area (Å²) in [6.45, 7) is 9.47. The maximum Gasteiger partial charge on any atom is 0.332 e. The molecule has 0 bridgehead atoms. The zero-order chi connectivity index (χ0) is 15.2. The first-order valence-electron chi connectivity index (χ1n) is 6.22. The van der Waals surface area contributed by atoms with Gasteiger partial charge in [0.2, 0.25) is 0 Å². The van der Waals surface area contributed by atoms with Crippen molar-refractivity contribution in [1.29, 1.82) is 0 Å². The molecule has 112 valence electrons. The molecular formula is C12H25N3O4. The molecule has 1 unspecified atom stereocenters. The number of rotatable bonds is 6. The molecule has 0 spiro atoms. The number of amides is 2. The van der Waals surface area contributed by atoms with E-state index < -0.39 is 23.6 Å². The quantitative estimate of drug-likeness (QED) is 0.378. The van der Waals surface area contributed by atoms with Gasteiger partial charge in [0, 0.05) is 6.54 Å². The molecule has 19 heavy (non-hydrogen) atoms. The highest BCUT2D eigenvalue weighted by Crippen LogP contribution is 2.07. The van der Waals surface area contributed by atoms with Crippen molar-refractivity contribution in [1.82, 2.24) is 10.3 Å². The van der Waals surface area contributed by atoms with Crippen LogP contribution in [0, 0.1) is 5.92 Å². The maximum absolute atomic E-state index is 11.7. The first kappa shape index (κ1) is 17.7. The molecule has 7 nitrogen and oxygen atoms in total. The molecule has 2 amide bonds. The molecule has 0 heterocycles. The number of hydrazine groups is 1. The Morgan fingerprint density at radius 3 is 2.26 bits per heavy atom. The normalized spacial score (nSPS) is 13.2. The minimum atomic E-state index is -1.16. The highest BCUT2D eigenvalue weighted by atomic mass is 16.5. The third-order valence-corrected chi connectivity index (χ3v) is 2.10. The summed E-state index contributed by atoms with van der Waals surface area (Å²) in [5.41, 5.74) is -0.473. The molecule has 0 aliphatic rings. The average molecular weight is 275 g/mol. The number of carbonyl (C=O) groups excluding carboxylic acids is 1. The molecule has 7 heteroatoms. The van der Waals surface area contributed by atoms with Gasteiger partial charge in [0.15, 0.2) is 6.04 Å².